The van der Waals surface area contributed by atoms with Crippen molar-refractivity contribution in [2.45, 2.75) is 58.8 Å². The number of hydrogen-bond acceptors (Lipinski definition) is 6. The molecule has 6 heteroatoms. The van der Waals surface area contributed by atoms with Crippen molar-refractivity contribution in [3.8, 4) is 0 Å². The molecule has 1 heterocycles. The van der Waals surface area contributed by atoms with Gasteiger partial charge in [0.1, 0.15) is 11.4 Å². The van der Waals surface area contributed by atoms with Gasteiger partial charge in [-0.15, -0.1) is 0 Å². The number of methoxy groups -OCH3 is 1. The molecule has 0 aliphatic heterocycles. The number of hydrogen-bond donors (Lipinski definition) is 0. The molecule has 1 aromatic rings. The Balaban J connectivity index is 2.51. The van der Waals surface area contributed by atoms with Crippen LogP contribution in [0.1, 0.15) is 79.8 Å². The first kappa shape index (κ1) is 23.1. The summed E-state index contributed by atoms with van der Waals surface area (Å²) < 4.78 is 15.6. The third kappa shape index (κ3) is 9.52. The van der Waals surface area contributed by atoms with Crippen molar-refractivity contribution >= 4 is 11.9 Å². The molecule has 0 amide bonds. The van der Waals surface area contributed by atoms with Crippen LogP contribution in [0.2, 0.25) is 0 Å². The number of carbonyl (C=O) groups excluding carboxylic acids is 2. The first-order chi connectivity index (χ1) is 13.1. The molecule has 0 bridgehead atoms. The summed E-state index contributed by atoms with van der Waals surface area (Å²) in [6.07, 6.45) is 6.92. The molecule has 0 N–H and O–H groups in total. The fourth-order valence-electron chi connectivity index (χ4n) is 2.65. The number of ether oxygens (including phenoxy) is 3. The first-order valence-electron chi connectivity index (χ1n) is 9.92. The van der Waals surface area contributed by atoms with E-state index in [1.165, 1.54) is 6.07 Å². The topological polar surface area (TPSA) is 74.7 Å². The molecule has 1 unspecified atom stereocenters. The second kappa shape index (κ2) is 14.2. The van der Waals surface area contributed by atoms with E-state index in [0.29, 0.717) is 25.7 Å². The average Bonchev–Trinajstić information content (AvgIpc) is 2.69. The van der Waals surface area contributed by atoms with E-state index in [4.69, 9.17) is 14.2 Å². The summed E-state index contributed by atoms with van der Waals surface area (Å²) in [6.45, 7) is 5.59. The van der Waals surface area contributed by atoms with E-state index in [9.17, 15) is 9.59 Å². The highest BCUT2D eigenvalue weighted by atomic mass is 16.5. The maximum atomic E-state index is 12.2. The Hall–Kier alpha value is -1.95. The molecule has 0 spiro atoms. The van der Waals surface area contributed by atoms with Gasteiger partial charge in [-0.05, 0) is 37.3 Å². The van der Waals surface area contributed by atoms with Crippen LogP contribution in [0.4, 0.5) is 0 Å². The van der Waals surface area contributed by atoms with Gasteiger partial charge in [0.25, 0.3) is 0 Å². The lowest BCUT2D eigenvalue weighted by atomic mass is 9.96. The molecule has 6 nitrogen and oxygen atoms in total. The Morgan fingerprint density at radius 3 is 2.07 bits per heavy atom. The van der Waals surface area contributed by atoms with E-state index >= 15 is 0 Å². The Morgan fingerprint density at radius 1 is 0.889 bits per heavy atom. The minimum Gasteiger partial charge on any atom is -0.461 e. The monoisotopic (exact) mass is 379 g/mol. The third-order valence-corrected chi connectivity index (χ3v) is 4.35. The molecule has 0 radical (unpaired) electrons. The lowest BCUT2D eigenvalue weighted by Crippen LogP contribution is -2.15. The van der Waals surface area contributed by atoms with Gasteiger partial charge in [-0.2, -0.15) is 0 Å². The number of esters is 2. The Labute approximate surface area is 162 Å². The third-order valence-electron chi connectivity index (χ3n) is 4.35. The number of rotatable bonds is 14. The highest BCUT2D eigenvalue weighted by molar-refractivity contribution is 5.91. The molecule has 1 aromatic heterocycles. The first-order valence-corrected chi connectivity index (χ1v) is 9.92. The zero-order chi connectivity index (χ0) is 19.9. The predicted molar refractivity (Wildman–Crippen MR) is 104 cm³/mol. The molecule has 152 valence electrons. The zero-order valence-electron chi connectivity index (χ0n) is 16.9. The summed E-state index contributed by atoms with van der Waals surface area (Å²) in [6, 6.07) is 4.70. The zero-order valence-corrected chi connectivity index (χ0v) is 16.9. The summed E-state index contributed by atoms with van der Waals surface area (Å²) in [4.78, 5) is 28.3. The van der Waals surface area contributed by atoms with Crippen LogP contribution in [-0.2, 0) is 14.2 Å². The van der Waals surface area contributed by atoms with Gasteiger partial charge in [0, 0.05) is 13.7 Å². The minimum atomic E-state index is -0.516. The summed E-state index contributed by atoms with van der Waals surface area (Å²) in [5, 5.41) is 0. The second-order valence-corrected chi connectivity index (χ2v) is 6.61. The molecule has 27 heavy (non-hydrogen) atoms. The maximum Gasteiger partial charge on any atom is 0.356 e. The number of pyridine rings is 1. The predicted octanol–water partition coefficient (Wildman–Crippen LogP) is 4.43. The van der Waals surface area contributed by atoms with E-state index in [2.05, 4.69) is 11.9 Å². The van der Waals surface area contributed by atoms with Crippen molar-refractivity contribution in [2.24, 2.45) is 5.92 Å². The Morgan fingerprint density at radius 2 is 1.48 bits per heavy atom. The second-order valence-electron chi connectivity index (χ2n) is 6.61. The van der Waals surface area contributed by atoms with Crippen LogP contribution in [0.25, 0.3) is 0 Å². The molecule has 0 fully saturated rings. The molecule has 0 aliphatic rings. The van der Waals surface area contributed by atoms with E-state index in [-0.39, 0.29) is 11.4 Å². The number of nitrogens with zero attached hydrogens (tertiary/aromatic N) is 1. The van der Waals surface area contributed by atoms with Gasteiger partial charge in [-0.1, -0.05) is 45.6 Å². The van der Waals surface area contributed by atoms with Crippen LogP contribution in [0.3, 0.4) is 0 Å². The average molecular weight is 379 g/mol. The van der Waals surface area contributed by atoms with Crippen molar-refractivity contribution in [3.05, 3.63) is 29.6 Å². The molecule has 1 atom stereocenters. The van der Waals surface area contributed by atoms with Gasteiger partial charge in [-0.25, -0.2) is 14.6 Å². The van der Waals surface area contributed by atoms with Gasteiger partial charge < -0.3 is 14.2 Å². The van der Waals surface area contributed by atoms with Crippen LogP contribution in [-0.4, -0.2) is 43.9 Å². The molecule has 0 aliphatic carbocycles. The Bertz CT molecular complexity index is 553. The minimum absolute atomic E-state index is 0.126. The molecule has 0 saturated heterocycles. The maximum absolute atomic E-state index is 12.2. The quantitative estimate of drug-likeness (QED) is 0.352. The van der Waals surface area contributed by atoms with Crippen LogP contribution in [0, 0.1) is 5.92 Å². The van der Waals surface area contributed by atoms with Crippen molar-refractivity contribution < 1.29 is 23.8 Å². The van der Waals surface area contributed by atoms with E-state index < -0.39 is 11.9 Å². The fraction of sp³-hybridized carbons (Fsp3) is 0.667. The largest absolute Gasteiger partial charge is 0.461 e. The van der Waals surface area contributed by atoms with Crippen molar-refractivity contribution in [2.75, 3.05) is 26.9 Å². The number of aromatic nitrogens is 1. The summed E-state index contributed by atoms with van der Waals surface area (Å²) in [7, 11) is 1.70. The Kier molecular flexibility index (Phi) is 12.1. The van der Waals surface area contributed by atoms with E-state index in [0.717, 1.165) is 44.9 Å². The lowest BCUT2D eigenvalue weighted by Gasteiger charge is -2.16. The van der Waals surface area contributed by atoms with Crippen molar-refractivity contribution in [1.29, 1.82) is 0 Å². The highest BCUT2D eigenvalue weighted by Crippen LogP contribution is 2.17. The van der Waals surface area contributed by atoms with Crippen LogP contribution in [0.15, 0.2) is 18.2 Å². The molecule has 1 rings (SSSR count). The lowest BCUT2D eigenvalue weighted by molar-refractivity contribution is 0.0463. The van der Waals surface area contributed by atoms with Crippen molar-refractivity contribution in [3.63, 3.8) is 0 Å². The number of unbranched alkanes of at least 4 members (excludes halogenated alkanes) is 2. The normalized spacial score (nSPS) is 11.8. The smallest absolute Gasteiger partial charge is 0.356 e. The van der Waals surface area contributed by atoms with Gasteiger partial charge in [0.2, 0.25) is 0 Å². The molecular formula is C21H33NO5. The summed E-state index contributed by atoms with van der Waals surface area (Å²) in [5.41, 5.74) is 0.253. The molecular weight excluding hydrogens is 346 g/mol. The van der Waals surface area contributed by atoms with Gasteiger partial charge in [0.15, 0.2) is 0 Å². The van der Waals surface area contributed by atoms with E-state index in [1.807, 2.05) is 6.92 Å². The molecule has 0 aromatic carbocycles. The number of carbonyl (C=O) groups is 2. The van der Waals surface area contributed by atoms with Crippen LogP contribution < -0.4 is 0 Å². The SMILES string of the molecule is CCCCOC(=O)c1cccc(C(=O)OCCC(CCCC)CCOC)n1. The van der Waals surface area contributed by atoms with Crippen LogP contribution >= 0.6 is 0 Å². The summed E-state index contributed by atoms with van der Waals surface area (Å²) >= 11 is 0. The van der Waals surface area contributed by atoms with Crippen LogP contribution in [0.5, 0.6) is 0 Å². The summed E-state index contributed by atoms with van der Waals surface area (Å²) in [5.74, 6) is -0.554. The highest BCUT2D eigenvalue weighted by Gasteiger charge is 2.15. The standard InChI is InChI=1S/C21H33NO5/c1-4-6-9-17(12-15-25-3)13-16-27-21(24)19-11-8-10-18(22-19)20(23)26-14-7-5-2/h8,10-11,17H,4-7,9,12-16H2,1-3H3. The van der Waals surface area contributed by atoms with Crippen molar-refractivity contribution in [1.82, 2.24) is 4.98 Å². The fourth-order valence-corrected chi connectivity index (χ4v) is 2.65. The van der Waals surface area contributed by atoms with Gasteiger partial charge in [0.05, 0.1) is 13.2 Å². The van der Waals surface area contributed by atoms with E-state index in [1.54, 1.807) is 19.2 Å². The van der Waals surface area contributed by atoms with Gasteiger partial charge >= 0.3 is 11.9 Å². The molecule has 0 saturated carbocycles. The van der Waals surface area contributed by atoms with Gasteiger partial charge in [-0.3, -0.25) is 0 Å².